The smallest absolute Gasteiger partial charge is 0.299 e. The van der Waals surface area contributed by atoms with Gasteiger partial charge < -0.3 is 0 Å². The summed E-state index contributed by atoms with van der Waals surface area (Å²) in [6.07, 6.45) is 0.735. The summed E-state index contributed by atoms with van der Waals surface area (Å²) in [5.74, 6) is -0.00897. The second kappa shape index (κ2) is 8.78. The fourth-order valence-electron chi connectivity index (χ4n) is 3.41. The third-order valence-corrected chi connectivity index (χ3v) is 7.33. The minimum atomic E-state index is -4.30. The van der Waals surface area contributed by atoms with Gasteiger partial charge >= 0.3 is 5.51 Å². The van der Waals surface area contributed by atoms with E-state index in [1.807, 2.05) is 6.07 Å². The van der Waals surface area contributed by atoms with Gasteiger partial charge in [-0.15, -0.1) is 0 Å². The largest absolute Gasteiger partial charge is 0.446 e. The molecule has 0 bridgehead atoms. The Morgan fingerprint density at radius 3 is 2.55 bits per heavy atom. The van der Waals surface area contributed by atoms with Crippen molar-refractivity contribution in [2.75, 3.05) is 18.8 Å². The summed E-state index contributed by atoms with van der Waals surface area (Å²) in [7, 11) is -3.48. The van der Waals surface area contributed by atoms with Crippen molar-refractivity contribution in [3.63, 3.8) is 0 Å². The third kappa shape index (κ3) is 6.23. The molecule has 1 atom stereocenters. The van der Waals surface area contributed by atoms with E-state index in [-0.39, 0.29) is 33.2 Å². The van der Waals surface area contributed by atoms with Crippen LogP contribution in [0.4, 0.5) is 13.2 Å². The molecule has 0 aliphatic carbocycles. The van der Waals surface area contributed by atoms with E-state index in [2.05, 4.69) is 4.90 Å². The van der Waals surface area contributed by atoms with Gasteiger partial charge in [0, 0.05) is 18.0 Å². The van der Waals surface area contributed by atoms with Crippen LogP contribution in [0.1, 0.15) is 17.5 Å². The molecule has 2 aromatic carbocycles. The lowest BCUT2D eigenvalue weighted by Crippen LogP contribution is -2.23. The quantitative estimate of drug-likeness (QED) is 0.621. The minimum Gasteiger partial charge on any atom is -0.299 e. The Labute approximate surface area is 172 Å². The molecule has 0 unspecified atom stereocenters. The zero-order valence-electron chi connectivity index (χ0n) is 15.4. The molecule has 1 saturated heterocycles. The van der Waals surface area contributed by atoms with Crippen molar-refractivity contribution in [3.8, 4) is 6.07 Å². The van der Waals surface area contributed by atoms with Crippen LogP contribution in [0.15, 0.2) is 58.3 Å². The van der Waals surface area contributed by atoms with Crippen LogP contribution in [0.5, 0.6) is 0 Å². The minimum absolute atomic E-state index is 0.0134. The Balaban J connectivity index is 1.57. The van der Waals surface area contributed by atoms with Gasteiger partial charge in [0.25, 0.3) is 0 Å². The maximum absolute atomic E-state index is 12.7. The Hall–Kier alpha value is -2.02. The number of nitriles is 1. The number of rotatable bonds is 6. The average Bonchev–Trinajstić information content (AvgIpc) is 3.08. The standard InChI is InChI=1S/C20H19F3N2O2S2/c21-20(22,23)28-18-6-4-15(5-7-18)12-25-9-8-17(13-25)14-29(26,27)19-3-1-2-16(10-19)11-24/h1-7,10,17H,8-9,12-14H2/t17-/m1/s1. The monoisotopic (exact) mass is 440 g/mol. The van der Waals surface area contributed by atoms with E-state index in [0.29, 0.717) is 18.7 Å². The molecule has 0 spiro atoms. The summed E-state index contributed by atoms with van der Waals surface area (Å²) in [6.45, 7) is 1.91. The molecule has 9 heteroatoms. The first kappa shape index (κ1) is 21.7. The van der Waals surface area contributed by atoms with Crippen LogP contribution in [-0.4, -0.2) is 37.7 Å². The van der Waals surface area contributed by atoms with Gasteiger partial charge in [-0.05, 0) is 66.5 Å². The lowest BCUT2D eigenvalue weighted by molar-refractivity contribution is -0.0328. The highest BCUT2D eigenvalue weighted by Crippen LogP contribution is 2.36. The molecule has 4 nitrogen and oxygen atoms in total. The van der Waals surface area contributed by atoms with E-state index >= 15 is 0 Å². The normalized spacial score (nSPS) is 17.9. The molecule has 154 valence electrons. The molecule has 0 radical (unpaired) electrons. The lowest BCUT2D eigenvalue weighted by Gasteiger charge is -2.16. The highest BCUT2D eigenvalue weighted by molar-refractivity contribution is 8.00. The number of alkyl halides is 3. The highest BCUT2D eigenvalue weighted by Gasteiger charge is 2.30. The second-order valence-electron chi connectivity index (χ2n) is 7.00. The summed E-state index contributed by atoms with van der Waals surface area (Å²) in [5.41, 5.74) is -3.10. The number of thioether (sulfide) groups is 1. The summed E-state index contributed by atoms with van der Waals surface area (Å²) >= 11 is -0.141. The lowest BCUT2D eigenvalue weighted by atomic mass is 10.2. The van der Waals surface area contributed by atoms with Crippen molar-refractivity contribution in [2.24, 2.45) is 5.92 Å². The fourth-order valence-corrected chi connectivity index (χ4v) is 5.63. The number of likely N-dealkylation sites (tertiary alicyclic amines) is 1. The number of hydrogen-bond donors (Lipinski definition) is 0. The molecular weight excluding hydrogens is 421 g/mol. The van der Waals surface area contributed by atoms with E-state index in [4.69, 9.17) is 5.26 Å². The van der Waals surface area contributed by atoms with Crippen LogP contribution < -0.4 is 0 Å². The summed E-state index contributed by atoms with van der Waals surface area (Å²) in [4.78, 5) is 2.41. The van der Waals surface area contributed by atoms with Crippen LogP contribution in [0.25, 0.3) is 0 Å². The van der Waals surface area contributed by atoms with E-state index in [9.17, 15) is 21.6 Å². The first-order valence-corrected chi connectivity index (χ1v) is 11.4. The van der Waals surface area contributed by atoms with E-state index < -0.39 is 15.3 Å². The number of nitrogens with zero attached hydrogens (tertiary/aromatic N) is 2. The van der Waals surface area contributed by atoms with Crippen LogP contribution >= 0.6 is 11.8 Å². The topological polar surface area (TPSA) is 61.2 Å². The van der Waals surface area contributed by atoms with Gasteiger partial charge in [0.05, 0.1) is 22.3 Å². The Morgan fingerprint density at radius 2 is 1.90 bits per heavy atom. The van der Waals surface area contributed by atoms with Crippen molar-refractivity contribution in [3.05, 3.63) is 59.7 Å². The maximum atomic E-state index is 12.7. The van der Waals surface area contributed by atoms with Crippen molar-refractivity contribution in [2.45, 2.75) is 28.3 Å². The van der Waals surface area contributed by atoms with Crippen molar-refractivity contribution < 1.29 is 21.6 Å². The van der Waals surface area contributed by atoms with Crippen molar-refractivity contribution >= 4 is 21.6 Å². The van der Waals surface area contributed by atoms with Crippen LogP contribution in [-0.2, 0) is 16.4 Å². The molecule has 2 aromatic rings. The van der Waals surface area contributed by atoms with Crippen molar-refractivity contribution in [1.82, 2.24) is 4.90 Å². The maximum Gasteiger partial charge on any atom is 0.446 e. The SMILES string of the molecule is N#Cc1cccc(S(=O)(=O)C[C@@H]2CCN(Cc3ccc(SC(F)(F)F)cc3)C2)c1. The van der Waals surface area contributed by atoms with Gasteiger partial charge in [-0.1, -0.05) is 18.2 Å². The molecule has 1 fully saturated rings. The number of halogens is 3. The van der Waals surface area contributed by atoms with Gasteiger partial charge in [-0.25, -0.2) is 8.42 Å². The predicted octanol–water partition coefficient (Wildman–Crippen LogP) is 4.47. The van der Waals surface area contributed by atoms with Crippen LogP contribution in [0.3, 0.4) is 0 Å². The first-order chi connectivity index (χ1) is 13.6. The van der Waals surface area contributed by atoms with E-state index in [1.165, 1.54) is 24.3 Å². The second-order valence-corrected chi connectivity index (χ2v) is 10.2. The number of sulfone groups is 1. The van der Waals surface area contributed by atoms with Gasteiger partial charge in [0.2, 0.25) is 0 Å². The Bertz CT molecular complexity index is 1000. The van der Waals surface area contributed by atoms with Crippen LogP contribution in [0, 0.1) is 17.2 Å². The fraction of sp³-hybridized carbons (Fsp3) is 0.350. The zero-order valence-corrected chi connectivity index (χ0v) is 17.0. The summed E-state index contributed by atoms with van der Waals surface area (Å²) in [6, 6.07) is 14.2. The molecule has 0 N–H and O–H groups in total. The molecule has 0 amide bonds. The third-order valence-electron chi connectivity index (χ3n) is 4.71. The van der Waals surface area contributed by atoms with Gasteiger partial charge in [0.15, 0.2) is 9.84 Å². The Morgan fingerprint density at radius 1 is 1.17 bits per heavy atom. The summed E-state index contributed by atoms with van der Waals surface area (Å²) < 4.78 is 62.5. The number of hydrogen-bond acceptors (Lipinski definition) is 5. The van der Waals surface area contributed by atoms with Gasteiger partial charge in [-0.3, -0.25) is 4.90 Å². The van der Waals surface area contributed by atoms with Crippen LogP contribution in [0.2, 0.25) is 0 Å². The summed E-state index contributed by atoms with van der Waals surface area (Å²) in [5, 5.41) is 8.95. The van der Waals surface area contributed by atoms with Gasteiger partial charge in [0.1, 0.15) is 0 Å². The van der Waals surface area contributed by atoms with Gasteiger partial charge in [-0.2, -0.15) is 18.4 Å². The van der Waals surface area contributed by atoms with E-state index in [0.717, 1.165) is 18.5 Å². The molecule has 29 heavy (non-hydrogen) atoms. The molecule has 0 saturated carbocycles. The molecule has 0 aromatic heterocycles. The molecule has 3 rings (SSSR count). The highest BCUT2D eigenvalue weighted by atomic mass is 32.2. The average molecular weight is 441 g/mol. The molecule has 1 aliphatic heterocycles. The Kier molecular flexibility index (Phi) is 6.56. The molecule has 1 aliphatic rings. The molecule has 1 heterocycles. The zero-order chi connectivity index (χ0) is 21.1. The first-order valence-electron chi connectivity index (χ1n) is 8.94. The predicted molar refractivity (Wildman–Crippen MR) is 105 cm³/mol. The van der Waals surface area contributed by atoms with Crippen molar-refractivity contribution in [1.29, 1.82) is 5.26 Å². The molecular formula is C20H19F3N2O2S2. The van der Waals surface area contributed by atoms with E-state index in [1.54, 1.807) is 24.3 Å². The number of benzene rings is 2.